The molecule has 0 aliphatic rings. The summed E-state index contributed by atoms with van der Waals surface area (Å²) in [7, 11) is 2.67. The van der Waals surface area contributed by atoms with Crippen LogP contribution in [0.25, 0.3) is 0 Å². The Morgan fingerprint density at radius 1 is 1.55 bits per heavy atom. The average Bonchev–Trinajstić information content (AvgIpc) is 1.98. The highest BCUT2D eigenvalue weighted by Crippen LogP contribution is 2.02. The first-order chi connectivity index (χ1) is 5.13. The van der Waals surface area contributed by atoms with Gasteiger partial charge in [-0.25, -0.2) is 4.79 Å². The summed E-state index contributed by atoms with van der Waals surface area (Å²) in [6.07, 6.45) is 0. The maximum atomic E-state index is 10.9. The van der Waals surface area contributed by atoms with Crippen LogP contribution in [0.5, 0.6) is 0 Å². The fourth-order valence-electron chi connectivity index (χ4n) is 0.475. The molecule has 0 aliphatic carbocycles. The Balaban J connectivity index is 4.34. The van der Waals surface area contributed by atoms with Crippen molar-refractivity contribution in [3.05, 3.63) is 0 Å². The molecule has 0 radical (unpaired) electrons. The molecule has 0 bridgehead atoms. The normalized spacial score (nSPS) is 14.0. The quantitative estimate of drug-likeness (QED) is 0.310. The number of nitrogens with zero attached hydrogens (tertiary/aromatic N) is 1. The minimum Gasteiger partial charge on any atom is -0.464 e. The number of carbonyl (C=O) groups excluding carboxylic acids is 1. The zero-order chi connectivity index (χ0) is 8.85. The third kappa shape index (κ3) is 3.36. The number of hydrogen-bond donors (Lipinski definition) is 0. The van der Waals surface area contributed by atoms with Crippen LogP contribution in [0.15, 0.2) is 5.16 Å². The van der Waals surface area contributed by atoms with E-state index in [2.05, 4.69) is 30.7 Å². The average molecular weight is 224 g/mol. The zero-order valence-corrected chi connectivity index (χ0v) is 8.21. The van der Waals surface area contributed by atoms with E-state index >= 15 is 0 Å². The molecule has 0 amide bonds. The number of hydrogen-bond acceptors (Lipinski definition) is 4. The van der Waals surface area contributed by atoms with Gasteiger partial charge in [-0.05, 0) is 6.92 Å². The van der Waals surface area contributed by atoms with Gasteiger partial charge >= 0.3 is 5.97 Å². The van der Waals surface area contributed by atoms with Gasteiger partial charge in [0, 0.05) is 0 Å². The van der Waals surface area contributed by atoms with E-state index in [-0.39, 0.29) is 10.5 Å². The molecule has 4 nitrogen and oxygen atoms in total. The molecule has 0 saturated carbocycles. The van der Waals surface area contributed by atoms with Crippen LogP contribution < -0.4 is 0 Å². The van der Waals surface area contributed by atoms with E-state index in [0.717, 1.165) is 0 Å². The Bertz CT molecular complexity index is 167. The second-order valence-corrected chi connectivity index (χ2v) is 3.14. The number of methoxy groups -OCH3 is 1. The molecule has 11 heavy (non-hydrogen) atoms. The molecule has 0 rings (SSSR count). The summed E-state index contributed by atoms with van der Waals surface area (Å²) < 4.78 is 4.45. The van der Waals surface area contributed by atoms with Crippen molar-refractivity contribution < 1.29 is 14.4 Å². The predicted octanol–water partition coefficient (Wildman–Crippen LogP) is 0.945. The Hall–Kier alpha value is -0.580. The third-order valence-corrected chi connectivity index (χ3v) is 1.39. The van der Waals surface area contributed by atoms with Gasteiger partial charge in [-0.15, -0.1) is 0 Å². The molecule has 5 heteroatoms. The van der Waals surface area contributed by atoms with Gasteiger partial charge < -0.3 is 9.57 Å². The van der Waals surface area contributed by atoms with Crippen molar-refractivity contribution in [2.45, 2.75) is 11.8 Å². The van der Waals surface area contributed by atoms with E-state index in [1.54, 1.807) is 6.92 Å². The maximum Gasteiger partial charge on any atom is 0.357 e. The van der Waals surface area contributed by atoms with Gasteiger partial charge in [0.05, 0.1) is 11.9 Å². The lowest BCUT2D eigenvalue weighted by molar-refractivity contribution is -0.133. The number of esters is 1. The van der Waals surface area contributed by atoms with Crippen LogP contribution >= 0.6 is 15.9 Å². The number of halogens is 1. The van der Waals surface area contributed by atoms with E-state index < -0.39 is 5.97 Å². The monoisotopic (exact) mass is 223 g/mol. The minimum atomic E-state index is -0.490. The van der Waals surface area contributed by atoms with Crippen LogP contribution in [0.4, 0.5) is 0 Å². The van der Waals surface area contributed by atoms with Crippen LogP contribution in [-0.2, 0) is 14.4 Å². The topological polar surface area (TPSA) is 47.9 Å². The molecular formula is C6H10BrNO3. The van der Waals surface area contributed by atoms with E-state index in [0.29, 0.717) is 0 Å². The van der Waals surface area contributed by atoms with Crippen molar-refractivity contribution >= 4 is 27.6 Å². The summed E-state index contributed by atoms with van der Waals surface area (Å²) >= 11 is 3.17. The van der Waals surface area contributed by atoms with Crippen molar-refractivity contribution in [2.24, 2.45) is 5.16 Å². The number of carbonyl (C=O) groups is 1. The van der Waals surface area contributed by atoms with Crippen LogP contribution in [0.2, 0.25) is 0 Å². The van der Waals surface area contributed by atoms with Crippen molar-refractivity contribution in [3.63, 3.8) is 0 Å². The lowest BCUT2D eigenvalue weighted by Gasteiger charge is -2.03. The summed E-state index contributed by atoms with van der Waals surface area (Å²) in [5, 5.41) is 3.49. The molecule has 0 aromatic heterocycles. The lowest BCUT2D eigenvalue weighted by Crippen LogP contribution is -2.23. The smallest absolute Gasteiger partial charge is 0.357 e. The van der Waals surface area contributed by atoms with Crippen molar-refractivity contribution in [2.75, 3.05) is 14.2 Å². The van der Waals surface area contributed by atoms with Gasteiger partial charge in [-0.1, -0.05) is 21.1 Å². The molecular weight excluding hydrogens is 214 g/mol. The first kappa shape index (κ1) is 10.4. The van der Waals surface area contributed by atoms with Crippen molar-refractivity contribution in [1.29, 1.82) is 0 Å². The van der Waals surface area contributed by atoms with Gasteiger partial charge in [0.25, 0.3) is 0 Å². The molecule has 0 aromatic carbocycles. The van der Waals surface area contributed by atoms with Crippen LogP contribution in [0.1, 0.15) is 6.92 Å². The highest BCUT2D eigenvalue weighted by molar-refractivity contribution is 9.10. The second kappa shape index (κ2) is 5.12. The lowest BCUT2D eigenvalue weighted by atomic mass is 10.3. The molecule has 0 aromatic rings. The molecule has 64 valence electrons. The Morgan fingerprint density at radius 3 is 2.36 bits per heavy atom. The first-order valence-corrected chi connectivity index (χ1v) is 3.88. The number of oxime groups is 1. The number of ether oxygens (including phenoxy) is 1. The highest BCUT2D eigenvalue weighted by Gasteiger charge is 2.17. The highest BCUT2D eigenvalue weighted by atomic mass is 79.9. The molecule has 0 saturated heterocycles. The van der Waals surface area contributed by atoms with E-state index in [1.165, 1.54) is 14.2 Å². The van der Waals surface area contributed by atoms with Crippen molar-refractivity contribution in [3.8, 4) is 0 Å². The van der Waals surface area contributed by atoms with E-state index in [4.69, 9.17) is 0 Å². The standard InChI is InChI=1S/C6H10BrNO3/c1-4(7)5(8-11-3)6(9)10-2/h4H,1-3H3. The van der Waals surface area contributed by atoms with Gasteiger partial charge in [0.1, 0.15) is 7.11 Å². The molecule has 0 aliphatic heterocycles. The summed E-state index contributed by atoms with van der Waals surface area (Å²) in [5.41, 5.74) is 0.218. The first-order valence-electron chi connectivity index (χ1n) is 2.97. The van der Waals surface area contributed by atoms with Crippen molar-refractivity contribution in [1.82, 2.24) is 0 Å². The molecule has 0 spiro atoms. The fourth-order valence-corrected chi connectivity index (χ4v) is 0.746. The van der Waals surface area contributed by atoms with Crippen LogP contribution in [0.3, 0.4) is 0 Å². The molecule has 0 fully saturated rings. The van der Waals surface area contributed by atoms with Gasteiger partial charge in [-0.3, -0.25) is 0 Å². The van der Waals surface area contributed by atoms with Gasteiger partial charge in [0.2, 0.25) is 0 Å². The summed E-state index contributed by atoms with van der Waals surface area (Å²) in [4.78, 5) is 15.2. The predicted molar refractivity (Wildman–Crippen MR) is 44.8 cm³/mol. The second-order valence-electron chi connectivity index (χ2n) is 1.77. The van der Waals surface area contributed by atoms with E-state index in [9.17, 15) is 4.79 Å². The summed E-state index contributed by atoms with van der Waals surface area (Å²) in [5.74, 6) is -0.490. The number of alkyl halides is 1. The van der Waals surface area contributed by atoms with Crippen LogP contribution in [-0.4, -0.2) is 30.7 Å². The third-order valence-electron chi connectivity index (χ3n) is 0.961. The van der Waals surface area contributed by atoms with E-state index in [1.807, 2.05) is 0 Å². The molecule has 0 heterocycles. The SMILES string of the molecule is CON=C(C(=O)OC)C(C)Br. The zero-order valence-electron chi connectivity index (χ0n) is 6.63. The largest absolute Gasteiger partial charge is 0.464 e. The molecule has 1 unspecified atom stereocenters. The minimum absolute atomic E-state index is 0.171. The number of rotatable bonds is 3. The van der Waals surface area contributed by atoms with Gasteiger partial charge in [-0.2, -0.15) is 0 Å². The fraction of sp³-hybridized carbons (Fsp3) is 0.667. The Morgan fingerprint density at radius 2 is 2.09 bits per heavy atom. The Kier molecular flexibility index (Phi) is 4.85. The molecule has 0 N–H and O–H groups in total. The van der Waals surface area contributed by atoms with Gasteiger partial charge in [0.15, 0.2) is 5.71 Å². The Labute approximate surface area is 73.7 Å². The maximum absolute atomic E-state index is 10.9. The van der Waals surface area contributed by atoms with Crippen LogP contribution in [0, 0.1) is 0 Å². The summed E-state index contributed by atoms with van der Waals surface area (Å²) in [6, 6.07) is 0. The molecule has 1 atom stereocenters. The summed E-state index contributed by atoms with van der Waals surface area (Å²) in [6.45, 7) is 1.76.